The lowest BCUT2D eigenvalue weighted by atomic mass is 9.66. The first-order valence-corrected chi connectivity index (χ1v) is 11.5. The maximum atomic E-state index is 12.0. The highest BCUT2D eigenvalue weighted by Crippen LogP contribution is 2.44. The summed E-state index contributed by atoms with van der Waals surface area (Å²) in [6.45, 7) is 10.2. The highest BCUT2D eigenvalue weighted by atomic mass is 35.5. The fourth-order valence-corrected chi connectivity index (χ4v) is 5.07. The Kier molecular flexibility index (Phi) is 7.28. The van der Waals surface area contributed by atoms with Gasteiger partial charge in [-0.1, -0.05) is 39.3 Å². The zero-order valence-electron chi connectivity index (χ0n) is 18.2. The smallest absolute Gasteiger partial charge is 0.255 e. The van der Waals surface area contributed by atoms with Crippen molar-refractivity contribution in [1.29, 1.82) is 0 Å². The second kappa shape index (κ2) is 9.53. The van der Waals surface area contributed by atoms with Gasteiger partial charge in [-0.05, 0) is 80.0 Å². The predicted octanol–water partition coefficient (Wildman–Crippen LogP) is 5.92. The van der Waals surface area contributed by atoms with Gasteiger partial charge in [-0.2, -0.15) is 0 Å². The summed E-state index contributed by atoms with van der Waals surface area (Å²) in [6, 6.07) is 6.06. The summed E-state index contributed by atoms with van der Waals surface area (Å²) in [4.78, 5) is 14.7. The van der Waals surface area contributed by atoms with Crippen LogP contribution >= 0.6 is 11.6 Å². The fraction of sp³-hybridized carbons (Fsp3) is 0.625. The van der Waals surface area contributed by atoms with Crippen LogP contribution < -0.4 is 15.6 Å². The summed E-state index contributed by atoms with van der Waals surface area (Å²) in [5, 5.41) is 5.80. The summed E-state index contributed by atoms with van der Waals surface area (Å²) in [5.41, 5.74) is 0.227. The maximum Gasteiger partial charge on any atom is 0.255 e. The molecule has 0 saturated heterocycles. The van der Waals surface area contributed by atoms with Gasteiger partial charge in [0.2, 0.25) is 0 Å². The van der Waals surface area contributed by atoms with Gasteiger partial charge in [-0.3, -0.25) is 4.79 Å². The molecule has 0 spiro atoms. The van der Waals surface area contributed by atoms with Gasteiger partial charge in [-0.25, -0.2) is 0 Å². The van der Waals surface area contributed by atoms with Gasteiger partial charge < -0.3 is 15.0 Å². The third-order valence-corrected chi connectivity index (χ3v) is 6.97. The van der Waals surface area contributed by atoms with Crippen LogP contribution in [0.4, 0.5) is 0 Å². The monoisotopic (exact) mass is 418 g/mol. The molecule has 5 heteroatoms. The highest BCUT2D eigenvalue weighted by molar-refractivity contribution is 6.32. The summed E-state index contributed by atoms with van der Waals surface area (Å²) < 4.78 is 6.32. The van der Waals surface area contributed by atoms with Crippen LogP contribution in [0.3, 0.4) is 0 Å². The summed E-state index contributed by atoms with van der Waals surface area (Å²) in [7, 11) is 0. The van der Waals surface area contributed by atoms with E-state index in [0.717, 1.165) is 31.2 Å². The quantitative estimate of drug-likeness (QED) is 0.559. The lowest BCUT2D eigenvalue weighted by molar-refractivity contribution is 0.0454. The van der Waals surface area contributed by atoms with Crippen molar-refractivity contribution in [2.45, 2.75) is 78.4 Å². The molecule has 1 fully saturated rings. The second-order valence-corrected chi connectivity index (χ2v) is 9.38. The van der Waals surface area contributed by atoms with Crippen molar-refractivity contribution in [3.05, 3.63) is 39.8 Å². The number of nitrogens with one attached hydrogen (secondary N) is 2. The van der Waals surface area contributed by atoms with Crippen molar-refractivity contribution < 1.29 is 4.74 Å². The van der Waals surface area contributed by atoms with E-state index < -0.39 is 0 Å². The van der Waals surface area contributed by atoms with Gasteiger partial charge in [0.05, 0.1) is 11.1 Å². The lowest BCUT2D eigenvalue weighted by Crippen LogP contribution is -2.48. The molecule has 1 saturated carbocycles. The molecule has 2 aromatic rings. The van der Waals surface area contributed by atoms with Crippen LogP contribution in [-0.2, 0) is 0 Å². The van der Waals surface area contributed by atoms with E-state index in [9.17, 15) is 4.79 Å². The Morgan fingerprint density at radius 1 is 1.28 bits per heavy atom. The molecule has 29 heavy (non-hydrogen) atoms. The van der Waals surface area contributed by atoms with Gasteiger partial charge >= 0.3 is 0 Å². The molecule has 2 N–H and O–H groups in total. The minimum Gasteiger partial charge on any atom is -0.489 e. The van der Waals surface area contributed by atoms with Crippen LogP contribution in [0.2, 0.25) is 5.02 Å². The molecule has 0 radical (unpaired) electrons. The number of halogens is 1. The molecule has 0 amide bonds. The molecule has 1 aromatic heterocycles. The molecule has 0 bridgehead atoms. The zero-order chi connectivity index (χ0) is 21.0. The number of hydrogen-bond donors (Lipinski definition) is 2. The first-order valence-electron chi connectivity index (χ1n) is 11.1. The minimum absolute atomic E-state index is 0.124. The molecule has 1 aliphatic rings. The Bertz CT molecular complexity index is 869. The van der Waals surface area contributed by atoms with Crippen LogP contribution in [0.1, 0.15) is 66.2 Å². The van der Waals surface area contributed by atoms with Gasteiger partial charge in [0, 0.05) is 17.6 Å². The van der Waals surface area contributed by atoms with E-state index in [1.807, 2.05) is 12.1 Å². The Labute approximate surface area is 179 Å². The SMILES string of the molecule is CCC(NCC(C)C)[C@]1(CC)CC[C@H](Oc2cc3cc[nH]c(=O)c3cc2Cl)CC1. The zero-order valence-corrected chi connectivity index (χ0v) is 18.9. The van der Waals surface area contributed by atoms with E-state index in [1.165, 1.54) is 19.3 Å². The number of pyridine rings is 1. The molecule has 3 rings (SSSR count). The molecule has 160 valence electrons. The topological polar surface area (TPSA) is 54.1 Å². The van der Waals surface area contributed by atoms with Gasteiger partial charge in [0.25, 0.3) is 5.56 Å². The molecular formula is C24H35ClN2O2. The maximum absolute atomic E-state index is 12.0. The normalized spacial score (nSPS) is 23.4. The van der Waals surface area contributed by atoms with Crippen LogP contribution in [-0.4, -0.2) is 23.7 Å². The van der Waals surface area contributed by atoms with Crippen LogP contribution in [0, 0.1) is 11.3 Å². The molecule has 1 aromatic carbocycles. The van der Waals surface area contributed by atoms with E-state index >= 15 is 0 Å². The first-order chi connectivity index (χ1) is 13.9. The Balaban J connectivity index is 1.69. The van der Waals surface area contributed by atoms with Gasteiger partial charge in [0.15, 0.2) is 0 Å². The number of H-pyrrole nitrogens is 1. The Morgan fingerprint density at radius 2 is 2.00 bits per heavy atom. The molecule has 1 unspecified atom stereocenters. The van der Waals surface area contributed by atoms with E-state index in [4.69, 9.17) is 16.3 Å². The summed E-state index contributed by atoms with van der Waals surface area (Å²) in [5.74, 6) is 1.35. The molecule has 4 nitrogen and oxygen atoms in total. The predicted molar refractivity (Wildman–Crippen MR) is 122 cm³/mol. The van der Waals surface area contributed by atoms with Gasteiger partial charge in [0.1, 0.15) is 5.75 Å². The van der Waals surface area contributed by atoms with Crippen molar-refractivity contribution in [2.24, 2.45) is 11.3 Å². The molecule has 1 heterocycles. The fourth-order valence-electron chi connectivity index (χ4n) is 4.86. The minimum atomic E-state index is -0.124. The van der Waals surface area contributed by atoms with Crippen molar-refractivity contribution in [1.82, 2.24) is 10.3 Å². The average molecular weight is 419 g/mol. The first kappa shape index (κ1) is 22.2. The third-order valence-electron chi connectivity index (χ3n) is 6.67. The van der Waals surface area contributed by atoms with E-state index in [-0.39, 0.29) is 11.7 Å². The van der Waals surface area contributed by atoms with Crippen LogP contribution in [0.25, 0.3) is 10.8 Å². The number of benzene rings is 1. The largest absolute Gasteiger partial charge is 0.489 e. The standard InChI is InChI=1S/C24H35ClN2O2/c1-5-22(27-15-16(3)4)24(6-2)10-7-18(8-11-24)29-21-13-17-9-12-26-23(28)19(17)14-20(21)25/h9,12-14,16,18,22,27H,5-8,10-11,15H2,1-4H3,(H,26,28)/t18-,22?,24+. The summed E-state index contributed by atoms with van der Waals surface area (Å²) >= 11 is 6.43. The lowest BCUT2D eigenvalue weighted by Gasteiger charge is -2.45. The number of aromatic amines is 1. The van der Waals surface area contributed by atoms with Crippen molar-refractivity contribution >= 4 is 22.4 Å². The van der Waals surface area contributed by atoms with Crippen LogP contribution in [0.15, 0.2) is 29.2 Å². The van der Waals surface area contributed by atoms with Gasteiger partial charge in [-0.15, -0.1) is 0 Å². The van der Waals surface area contributed by atoms with Crippen molar-refractivity contribution in [3.63, 3.8) is 0 Å². The van der Waals surface area contributed by atoms with Crippen molar-refractivity contribution in [2.75, 3.05) is 6.54 Å². The molecule has 0 aliphatic heterocycles. The number of rotatable bonds is 8. The number of hydrogen-bond acceptors (Lipinski definition) is 3. The molecule has 1 atom stereocenters. The van der Waals surface area contributed by atoms with E-state index in [0.29, 0.717) is 33.5 Å². The number of aromatic nitrogens is 1. The van der Waals surface area contributed by atoms with E-state index in [1.54, 1.807) is 12.3 Å². The van der Waals surface area contributed by atoms with E-state index in [2.05, 4.69) is 38.0 Å². The third kappa shape index (κ3) is 4.97. The average Bonchev–Trinajstić information content (AvgIpc) is 2.71. The second-order valence-electron chi connectivity index (χ2n) is 8.97. The molecular weight excluding hydrogens is 384 g/mol. The Hall–Kier alpha value is -1.52. The Morgan fingerprint density at radius 3 is 2.62 bits per heavy atom. The molecule has 1 aliphatic carbocycles. The summed E-state index contributed by atoms with van der Waals surface area (Å²) in [6.07, 6.45) is 8.61. The number of ether oxygens (including phenoxy) is 1. The highest BCUT2D eigenvalue weighted by Gasteiger charge is 2.40. The number of fused-ring (bicyclic) bond motifs is 1. The van der Waals surface area contributed by atoms with Crippen LogP contribution in [0.5, 0.6) is 5.75 Å². The van der Waals surface area contributed by atoms with Crippen molar-refractivity contribution in [3.8, 4) is 5.75 Å².